The first-order chi connectivity index (χ1) is 25.7. The molecule has 5 heteroatoms. The van der Waals surface area contributed by atoms with Gasteiger partial charge in [0.1, 0.15) is 12.2 Å². The number of hydrogen-bond donors (Lipinski definition) is 1. The summed E-state index contributed by atoms with van der Waals surface area (Å²) >= 11 is 0. The summed E-state index contributed by atoms with van der Waals surface area (Å²) in [5, 5.41) is 19.0. The van der Waals surface area contributed by atoms with Crippen molar-refractivity contribution in [1.82, 2.24) is 14.5 Å². The lowest BCUT2D eigenvalue weighted by Crippen LogP contribution is -2.25. The van der Waals surface area contributed by atoms with Crippen molar-refractivity contribution >= 4 is 60.7 Å². The molecule has 0 saturated heterocycles. The van der Waals surface area contributed by atoms with E-state index in [2.05, 4.69) is 148 Å². The van der Waals surface area contributed by atoms with Crippen LogP contribution < -0.4 is 5.32 Å². The molecule has 0 saturated carbocycles. The second kappa shape index (κ2) is 12.2. The zero-order valence-corrected chi connectivity index (χ0v) is 28.4. The fourth-order valence-electron chi connectivity index (χ4n) is 8.02. The second-order valence-electron chi connectivity index (χ2n) is 13.5. The Hall–Kier alpha value is -6.90. The number of aromatic nitrogens is 2. The van der Waals surface area contributed by atoms with Crippen molar-refractivity contribution in [2.75, 3.05) is 0 Å². The van der Waals surface area contributed by atoms with Crippen LogP contribution >= 0.6 is 0 Å². The minimum atomic E-state index is -0.363. The third-order valence-electron chi connectivity index (χ3n) is 10.4. The third kappa shape index (κ3) is 4.80. The number of nitriles is 1. The van der Waals surface area contributed by atoms with Gasteiger partial charge in [-0.05, 0) is 78.1 Å². The van der Waals surface area contributed by atoms with Crippen LogP contribution in [-0.2, 0) is 0 Å². The maximum atomic E-state index is 10.6. The number of rotatable bonds is 5. The Balaban J connectivity index is 1.20. The van der Waals surface area contributed by atoms with Gasteiger partial charge in [-0.1, -0.05) is 115 Å². The Morgan fingerprint density at radius 2 is 1.27 bits per heavy atom. The topological polar surface area (TPSA) is 58.0 Å². The lowest BCUT2D eigenvalue weighted by atomic mass is 10.0. The van der Waals surface area contributed by atoms with Gasteiger partial charge in [0.2, 0.25) is 0 Å². The van der Waals surface area contributed by atoms with Gasteiger partial charge < -0.3 is 14.5 Å². The van der Waals surface area contributed by atoms with Gasteiger partial charge in [0, 0.05) is 32.9 Å². The molecule has 8 aromatic rings. The summed E-state index contributed by atoms with van der Waals surface area (Å²) in [7, 11) is 0. The lowest BCUT2D eigenvalue weighted by molar-refractivity contribution is 0.663. The van der Waals surface area contributed by atoms with Crippen LogP contribution in [0.2, 0.25) is 0 Å². The molecule has 0 bridgehead atoms. The quantitative estimate of drug-likeness (QED) is 0.199. The van der Waals surface area contributed by atoms with Gasteiger partial charge >= 0.3 is 0 Å². The smallest absolute Gasteiger partial charge is 0.145 e. The SMILES string of the molecule is N#Cc1ccc(C2N=C(c3ccccc3)C=C(c3ccccc3)N2)cc1-n1c2ccccc2c2cc3c(cc21)c1ccccc1n3C1=CC=CCC1. The third-order valence-corrected chi connectivity index (χ3v) is 10.4. The summed E-state index contributed by atoms with van der Waals surface area (Å²) in [4.78, 5) is 5.25. The first kappa shape index (κ1) is 30.0. The first-order valence-corrected chi connectivity index (χ1v) is 17.8. The molecule has 2 aromatic heterocycles. The molecular formula is C47H33N5. The molecular weight excluding hydrogens is 635 g/mol. The number of hydrogen-bond acceptors (Lipinski definition) is 3. The molecule has 1 N–H and O–H groups in total. The lowest BCUT2D eigenvalue weighted by Gasteiger charge is -2.25. The number of allylic oxidation sites excluding steroid dienone is 5. The highest BCUT2D eigenvalue weighted by molar-refractivity contribution is 6.19. The van der Waals surface area contributed by atoms with E-state index in [-0.39, 0.29) is 6.17 Å². The minimum absolute atomic E-state index is 0.363. The van der Waals surface area contributed by atoms with Crippen LogP contribution in [0.4, 0.5) is 0 Å². The van der Waals surface area contributed by atoms with Crippen molar-refractivity contribution < 1.29 is 0 Å². The van der Waals surface area contributed by atoms with E-state index in [1.54, 1.807) is 0 Å². The highest BCUT2D eigenvalue weighted by atomic mass is 15.1. The van der Waals surface area contributed by atoms with Crippen molar-refractivity contribution in [1.29, 1.82) is 5.26 Å². The van der Waals surface area contributed by atoms with Crippen LogP contribution in [0.3, 0.4) is 0 Å². The molecule has 0 radical (unpaired) electrons. The van der Waals surface area contributed by atoms with Crippen LogP contribution in [0.5, 0.6) is 0 Å². The van der Waals surface area contributed by atoms with E-state index in [0.29, 0.717) is 5.56 Å². The number of fused-ring (bicyclic) bond motifs is 6. The van der Waals surface area contributed by atoms with E-state index < -0.39 is 0 Å². The van der Waals surface area contributed by atoms with Gasteiger partial charge in [0.05, 0.1) is 39.0 Å². The van der Waals surface area contributed by atoms with Gasteiger partial charge in [-0.15, -0.1) is 0 Å². The number of nitrogens with one attached hydrogen (secondary N) is 1. The van der Waals surface area contributed by atoms with Crippen molar-refractivity contribution in [3.05, 3.63) is 186 Å². The van der Waals surface area contributed by atoms with E-state index in [0.717, 1.165) is 68.4 Å². The van der Waals surface area contributed by atoms with Crippen molar-refractivity contribution in [3.63, 3.8) is 0 Å². The van der Waals surface area contributed by atoms with Crippen LogP contribution in [0.1, 0.15) is 41.3 Å². The normalized spacial score (nSPS) is 15.8. The van der Waals surface area contributed by atoms with E-state index in [4.69, 9.17) is 4.99 Å². The van der Waals surface area contributed by atoms with Gasteiger partial charge in [0.15, 0.2) is 0 Å². The zero-order chi connectivity index (χ0) is 34.6. The van der Waals surface area contributed by atoms with Gasteiger partial charge in [-0.25, -0.2) is 0 Å². The van der Waals surface area contributed by atoms with Gasteiger partial charge in [0.25, 0.3) is 0 Å². The maximum Gasteiger partial charge on any atom is 0.145 e. The number of aliphatic imine (C=N–C) groups is 1. The maximum absolute atomic E-state index is 10.6. The first-order valence-electron chi connectivity index (χ1n) is 17.8. The fourth-order valence-corrected chi connectivity index (χ4v) is 8.02. The molecule has 1 unspecified atom stereocenters. The fraction of sp³-hybridized carbons (Fsp3) is 0.0638. The second-order valence-corrected chi connectivity index (χ2v) is 13.5. The Morgan fingerprint density at radius 1 is 0.635 bits per heavy atom. The Bertz CT molecular complexity index is 2880. The molecule has 1 atom stereocenters. The highest BCUT2D eigenvalue weighted by Gasteiger charge is 2.24. The van der Waals surface area contributed by atoms with E-state index in [9.17, 15) is 5.26 Å². The standard InChI is InChI=1S/C47H33N5/c48-30-34-25-24-33(47-49-40(31-14-4-1-5-15-31)29-41(50-47)32-16-6-2-7-17-32)26-44(34)52-43-23-13-11-21-37(43)39-27-45-38(28-46(39)52)36-20-10-12-22-42(36)51(45)35-18-8-3-9-19-35/h1-8,10-18,20-29,47,49H,9,19H2. The number of nitrogens with zero attached hydrogens (tertiary/aromatic N) is 4. The molecule has 5 nitrogen and oxygen atoms in total. The molecule has 1 aliphatic carbocycles. The highest BCUT2D eigenvalue weighted by Crippen LogP contribution is 2.41. The molecule has 1 aliphatic heterocycles. The molecule has 0 spiro atoms. The monoisotopic (exact) mass is 667 g/mol. The van der Waals surface area contributed by atoms with E-state index in [1.165, 1.54) is 27.5 Å². The summed E-state index contributed by atoms with van der Waals surface area (Å²) in [6.45, 7) is 0. The molecule has 2 aliphatic rings. The Kier molecular flexibility index (Phi) is 7.00. The van der Waals surface area contributed by atoms with Gasteiger partial charge in [-0.2, -0.15) is 5.26 Å². The predicted molar refractivity (Wildman–Crippen MR) is 214 cm³/mol. The van der Waals surface area contributed by atoms with E-state index in [1.807, 2.05) is 36.4 Å². The average Bonchev–Trinajstić information content (AvgIpc) is 3.72. The summed E-state index contributed by atoms with van der Waals surface area (Å²) in [5.74, 6) is 0. The largest absolute Gasteiger partial charge is 0.360 e. The molecule has 0 amide bonds. The summed E-state index contributed by atoms with van der Waals surface area (Å²) in [6.07, 6.45) is 10.4. The number of benzene rings is 6. The predicted octanol–water partition coefficient (Wildman–Crippen LogP) is 11.1. The summed E-state index contributed by atoms with van der Waals surface area (Å²) in [6, 6.07) is 51.3. The van der Waals surface area contributed by atoms with Gasteiger partial charge in [-0.3, -0.25) is 4.99 Å². The van der Waals surface area contributed by atoms with Crippen LogP contribution in [-0.4, -0.2) is 14.8 Å². The average molecular weight is 668 g/mol. The molecule has 10 rings (SSSR count). The molecule has 6 aromatic carbocycles. The van der Waals surface area contributed by atoms with Crippen LogP contribution in [0.25, 0.3) is 60.7 Å². The molecule has 246 valence electrons. The summed E-state index contributed by atoms with van der Waals surface area (Å²) < 4.78 is 4.72. The van der Waals surface area contributed by atoms with Crippen molar-refractivity contribution in [2.45, 2.75) is 19.0 Å². The van der Waals surface area contributed by atoms with Crippen LogP contribution in [0, 0.1) is 11.3 Å². The zero-order valence-electron chi connectivity index (χ0n) is 28.4. The molecule has 3 heterocycles. The molecule has 0 fully saturated rings. The molecule has 52 heavy (non-hydrogen) atoms. The Morgan fingerprint density at radius 3 is 1.94 bits per heavy atom. The number of para-hydroxylation sites is 2. The minimum Gasteiger partial charge on any atom is -0.360 e. The van der Waals surface area contributed by atoms with Crippen LogP contribution in [0.15, 0.2) is 169 Å². The summed E-state index contributed by atoms with van der Waals surface area (Å²) in [5.41, 5.74) is 12.3. The van der Waals surface area contributed by atoms with E-state index >= 15 is 0 Å². The van der Waals surface area contributed by atoms with Crippen molar-refractivity contribution in [3.8, 4) is 11.8 Å². The Labute approximate surface area is 301 Å². The van der Waals surface area contributed by atoms with Crippen molar-refractivity contribution in [2.24, 2.45) is 4.99 Å².